The fraction of sp³-hybridized carbons (Fsp3) is 0.450. The quantitative estimate of drug-likeness (QED) is 0.690. The molecule has 3 heterocycles. The van der Waals surface area contributed by atoms with E-state index < -0.39 is 0 Å². The number of nitriles is 1. The lowest BCUT2D eigenvalue weighted by Crippen LogP contribution is -2.51. The number of furan rings is 1. The summed E-state index contributed by atoms with van der Waals surface area (Å²) in [6.45, 7) is 5.09. The summed E-state index contributed by atoms with van der Waals surface area (Å²) in [7, 11) is 1.59. The topological polar surface area (TPSA) is 104 Å². The second kappa shape index (κ2) is 9.41. The number of ether oxygens (including phenoxy) is 1. The van der Waals surface area contributed by atoms with Crippen LogP contribution in [0.15, 0.2) is 28.9 Å². The van der Waals surface area contributed by atoms with Gasteiger partial charge in [0.05, 0.1) is 13.2 Å². The average molecular weight is 399 g/mol. The van der Waals surface area contributed by atoms with Crippen molar-refractivity contribution in [2.75, 3.05) is 53.0 Å². The molecule has 1 saturated heterocycles. The van der Waals surface area contributed by atoms with Gasteiger partial charge in [-0.1, -0.05) is 0 Å². The minimum atomic E-state index is -0.217. The summed E-state index contributed by atoms with van der Waals surface area (Å²) in [5.74, 6) is 0.501. The van der Waals surface area contributed by atoms with Crippen molar-refractivity contribution in [2.45, 2.75) is 6.92 Å². The molecule has 0 bridgehead atoms. The molecule has 0 atom stereocenters. The van der Waals surface area contributed by atoms with Crippen molar-refractivity contribution in [3.63, 3.8) is 0 Å². The van der Waals surface area contributed by atoms with Crippen molar-refractivity contribution >= 4 is 11.8 Å². The Bertz CT molecular complexity index is 889. The number of rotatable bonds is 7. The van der Waals surface area contributed by atoms with Gasteiger partial charge in [0.2, 0.25) is 11.8 Å². The van der Waals surface area contributed by atoms with Gasteiger partial charge >= 0.3 is 0 Å². The molecule has 3 rings (SSSR count). The monoisotopic (exact) mass is 399 g/mol. The Balaban J connectivity index is 1.63. The summed E-state index contributed by atoms with van der Waals surface area (Å²) in [6.07, 6.45) is 3.54. The van der Waals surface area contributed by atoms with Crippen LogP contribution < -0.4 is 5.32 Å². The molecule has 0 radical (unpaired) electrons. The summed E-state index contributed by atoms with van der Waals surface area (Å²) in [4.78, 5) is 28.7. The predicted octanol–water partition coefficient (Wildman–Crippen LogP) is 0.771. The van der Waals surface area contributed by atoms with Crippen LogP contribution in [0.2, 0.25) is 0 Å². The molecule has 2 amide bonds. The van der Waals surface area contributed by atoms with Crippen LogP contribution in [-0.4, -0.2) is 79.2 Å². The molecule has 9 nitrogen and oxygen atoms in total. The maximum atomic E-state index is 13.1. The standard InChI is InChI=1S/C20H25N5O4/c1-15-18(16(13-21)20(29-15)25-6-3-4-7-25)19(27)24-10-8-23(9-11-24)14-17(26)22-5-12-28-2/h3-4,6-7H,5,8-12,14H2,1-2H3,(H,22,26). The molecule has 0 spiro atoms. The molecule has 1 N–H and O–H groups in total. The number of methoxy groups -OCH3 is 1. The van der Waals surface area contributed by atoms with Crippen LogP contribution in [-0.2, 0) is 9.53 Å². The number of carbonyl (C=O) groups excluding carboxylic acids is 2. The summed E-state index contributed by atoms with van der Waals surface area (Å²) in [6, 6.07) is 5.77. The number of amides is 2. The van der Waals surface area contributed by atoms with Gasteiger partial charge in [0.25, 0.3) is 5.91 Å². The Labute approximate surface area is 169 Å². The van der Waals surface area contributed by atoms with Gasteiger partial charge in [-0.15, -0.1) is 0 Å². The van der Waals surface area contributed by atoms with Gasteiger partial charge in [-0.25, -0.2) is 0 Å². The maximum absolute atomic E-state index is 13.1. The van der Waals surface area contributed by atoms with Crippen LogP contribution in [0.5, 0.6) is 0 Å². The van der Waals surface area contributed by atoms with Crippen LogP contribution in [0.3, 0.4) is 0 Å². The largest absolute Gasteiger partial charge is 0.443 e. The Morgan fingerprint density at radius 2 is 1.93 bits per heavy atom. The maximum Gasteiger partial charge on any atom is 0.258 e. The smallest absolute Gasteiger partial charge is 0.258 e. The molecule has 9 heteroatoms. The van der Waals surface area contributed by atoms with E-state index in [9.17, 15) is 14.9 Å². The minimum absolute atomic E-state index is 0.0596. The summed E-state index contributed by atoms with van der Waals surface area (Å²) in [5, 5.41) is 12.4. The van der Waals surface area contributed by atoms with Crippen molar-refractivity contribution in [1.29, 1.82) is 5.26 Å². The normalized spacial score (nSPS) is 14.6. The number of aryl methyl sites for hydroxylation is 1. The van der Waals surface area contributed by atoms with Gasteiger partial charge < -0.3 is 19.4 Å². The number of hydrogen-bond acceptors (Lipinski definition) is 6. The Morgan fingerprint density at radius 1 is 1.24 bits per heavy atom. The molecule has 1 fully saturated rings. The van der Waals surface area contributed by atoms with Gasteiger partial charge in [-0.3, -0.25) is 19.1 Å². The molecular weight excluding hydrogens is 374 g/mol. The highest BCUT2D eigenvalue weighted by Crippen LogP contribution is 2.27. The van der Waals surface area contributed by atoms with Crippen molar-refractivity contribution in [3.8, 4) is 12.0 Å². The predicted molar refractivity (Wildman–Crippen MR) is 105 cm³/mol. The van der Waals surface area contributed by atoms with Gasteiger partial charge in [-0.2, -0.15) is 5.26 Å². The number of hydrogen-bond donors (Lipinski definition) is 1. The Morgan fingerprint density at radius 3 is 2.55 bits per heavy atom. The molecule has 1 aliphatic rings. The first kappa shape index (κ1) is 20.6. The van der Waals surface area contributed by atoms with E-state index in [1.165, 1.54) is 0 Å². The van der Waals surface area contributed by atoms with Gasteiger partial charge in [0.15, 0.2) is 0 Å². The third-order valence-corrected chi connectivity index (χ3v) is 4.89. The molecule has 0 aliphatic carbocycles. The van der Waals surface area contributed by atoms with Crippen LogP contribution in [0, 0.1) is 18.3 Å². The van der Waals surface area contributed by atoms with Crippen LogP contribution in [0.1, 0.15) is 21.7 Å². The zero-order valence-corrected chi connectivity index (χ0v) is 16.7. The third-order valence-electron chi connectivity index (χ3n) is 4.89. The van der Waals surface area contributed by atoms with Crippen molar-refractivity contribution in [1.82, 2.24) is 19.7 Å². The third kappa shape index (κ3) is 4.67. The van der Waals surface area contributed by atoms with E-state index in [4.69, 9.17) is 9.15 Å². The highest BCUT2D eigenvalue weighted by Gasteiger charge is 2.30. The van der Waals surface area contributed by atoms with E-state index in [0.29, 0.717) is 56.5 Å². The van der Waals surface area contributed by atoms with Crippen molar-refractivity contribution in [3.05, 3.63) is 41.4 Å². The first-order valence-electron chi connectivity index (χ1n) is 9.49. The number of nitrogens with one attached hydrogen (secondary N) is 1. The van der Waals surface area contributed by atoms with E-state index in [-0.39, 0.29) is 23.9 Å². The van der Waals surface area contributed by atoms with Crippen molar-refractivity contribution in [2.24, 2.45) is 0 Å². The zero-order chi connectivity index (χ0) is 20.8. The summed E-state index contributed by atoms with van der Waals surface area (Å²) >= 11 is 0. The first-order valence-corrected chi connectivity index (χ1v) is 9.49. The van der Waals surface area contributed by atoms with Gasteiger partial charge in [0, 0.05) is 52.2 Å². The number of piperazine rings is 1. The van der Waals surface area contributed by atoms with E-state index >= 15 is 0 Å². The number of nitrogens with zero attached hydrogens (tertiary/aromatic N) is 4. The van der Waals surface area contributed by atoms with Gasteiger partial charge in [0.1, 0.15) is 23.0 Å². The lowest BCUT2D eigenvalue weighted by Gasteiger charge is -2.34. The Kier molecular flexibility index (Phi) is 6.69. The lowest BCUT2D eigenvalue weighted by molar-refractivity contribution is -0.122. The van der Waals surface area contributed by atoms with E-state index in [2.05, 4.69) is 11.4 Å². The van der Waals surface area contributed by atoms with E-state index in [0.717, 1.165) is 0 Å². The minimum Gasteiger partial charge on any atom is -0.443 e. The first-order chi connectivity index (χ1) is 14.0. The molecular formula is C20H25N5O4. The summed E-state index contributed by atoms with van der Waals surface area (Å²) < 4.78 is 12.3. The second-order valence-corrected chi connectivity index (χ2v) is 6.83. The van der Waals surface area contributed by atoms with Gasteiger partial charge in [-0.05, 0) is 19.1 Å². The van der Waals surface area contributed by atoms with Crippen LogP contribution >= 0.6 is 0 Å². The Hall–Kier alpha value is -3.09. The fourth-order valence-corrected chi connectivity index (χ4v) is 3.36. The average Bonchev–Trinajstić information content (AvgIpc) is 3.35. The lowest BCUT2D eigenvalue weighted by atomic mass is 10.1. The van der Waals surface area contributed by atoms with Crippen LogP contribution in [0.25, 0.3) is 5.88 Å². The molecule has 1 aliphatic heterocycles. The van der Waals surface area contributed by atoms with Crippen molar-refractivity contribution < 1.29 is 18.7 Å². The molecule has 0 unspecified atom stereocenters. The summed E-state index contributed by atoms with van der Waals surface area (Å²) in [5.41, 5.74) is 0.547. The molecule has 2 aromatic heterocycles. The fourth-order valence-electron chi connectivity index (χ4n) is 3.36. The van der Waals surface area contributed by atoms with E-state index in [1.54, 1.807) is 35.9 Å². The molecule has 154 valence electrons. The highest BCUT2D eigenvalue weighted by molar-refractivity contribution is 5.98. The molecule has 0 aromatic carbocycles. The zero-order valence-electron chi connectivity index (χ0n) is 16.7. The molecule has 0 saturated carbocycles. The SMILES string of the molecule is COCCNC(=O)CN1CCN(C(=O)c2c(C)oc(-n3cccc3)c2C#N)CC1. The molecule has 2 aromatic rings. The highest BCUT2D eigenvalue weighted by atomic mass is 16.5. The number of carbonyl (C=O) groups is 2. The second-order valence-electron chi connectivity index (χ2n) is 6.83. The van der Waals surface area contributed by atoms with Crippen LogP contribution in [0.4, 0.5) is 0 Å². The number of aromatic nitrogens is 1. The van der Waals surface area contributed by atoms with E-state index in [1.807, 2.05) is 17.0 Å². The molecule has 29 heavy (non-hydrogen) atoms.